The number of nitrogens with zero attached hydrogens (tertiary/aromatic N) is 1. The van der Waals surface area contributed by atoms with E-state index in [-0.39, 0.29) is 0 Å². The van der Waals surface area contributed by atoms with Gasteiger partial charge < -0.3 is 14.9 Å². The molecule has 0 saturated heterocycles. The van der Waals surface area contributed by atoms with E-state index >= 15 is 0 Å². The third kappa shape index (κ3) is 3.23. The second-order valence-electron chi connectivity index (χ2n) is 5.91. The predicted molar refractivity (Wildman–Crippen MR) is 97.1 cm³/mol. The monoisotopic (exact) mass is 305 g/mol. The van der Waals surface area contributed by atoms with Crippen LogP contribution >= 0.6 is 0 Å². The standard InChI is InChI=1S/C19H20BNO2/c1-14-6-5-8-15-12-17(10-11-18(14)15)21(2)13-16-7-3-4-9-19(16)20(22)23/h3-12,22-23H,13H2,1-2H3. The van der Waals surface area contributed by atoms with Crippen molar-refractivity contribution in [1.82, 2.24) is 0 Å². The van der Waals surface area contributed by atoms with Gasteiger partial charge in [-0.1, -0.05) is 48.5 Å². The summed E-state index contributed by atoms with van der Waals surface area (Å²) in [5.74, 6) is 0. The van der Waals surface area contributed by atoms with Crippen molar-refractivity contribution in [2.24, 2.45) is 0 Å². The zero-order valence-electron chi connectivity index (χ0n) is 13.4. The summed E-state index contributed by atoms with van der Waals surface area (Å²) in [6.07, 6.45) is 0. The van der Waals surface area contributed by atoms with Gasteiger partial charge in [0.15, 0.2) is 0 Å². The van der Waals surface area contributed by atoms with Gasteiger partial charge in [0.25, 0.3) is 0 Å². The molecule has 0 heterocycles. The van der Waals surface area contributed by atoms with E-state index in [1.54, 1.807) is 6.07 Å². The number of benzene rings is 3. The van der Waals surface area contributed by atoms with Gasteiger partial charge in [0, 0.05) is 19.3 Å². The van der Waals surface area contributed by atoms with Crippen LogP contribution in [0.3, 0.4) is 0 Å². The molecule has 4 heteroatoms. The molecule has 0 saturated carbocycles. The Hall–Kier alpha value is -2.30. The Bertz CT molecular complexity index is 832. The summed E-state index contributed by atoms with van der Waals surface area (Å²) >= 11 is 0. The smallest absolute Gasteiger partial charge is 0.423 e. The Morgan fingerprint density at radius 3 is 2.52 bits per heavy atom. The minimum absolute atomic E-state index is 0.552. The topological polar surface area (TPSA) is 43.7 Å². The molecule has 23 heavy (non-hydrogen) atoms. The maximum atomic E-state index is 9.50. The lowest BCUT2D eigenvalue weighted by atomic mass is 9.77. The van der Waals surface area contributed by atoms with Gasteiger partial charge in [-0.15, -0.1) is 0 Å². The number of hydrogen-bond donors (Lipinski definition) is 2. The average Bonchev–Trinajstić information content (AvgIpc) is 2.55. The molecule has 0 fully saturated rings. The molecule has 3 aromatic carbocycles. The summed E-state index contributed by atoms with van der Waals surface area (Å²) in [4.78, 5) is 2.11. The first-order chi connectivity index (χ1) is 11.1. The summed E-state index contributed by atoms with van der Waals surface area (Å²) in [5, 5.41) is 21.5. The molecule has 0 aromatic heterocycles. The first-order valence-electron chi connectivity index (χ1n) is 7.71. The predicted octanol–water partition coefficient (Wildman–Crippen LogP) is 2.46. The Kier molecular flexibility index (Phi) is 4.37. The molecule has 2 N–H and O–H groups in total. The third-order valence-corrected chi connectivity index (χ3v) is 4.26. The molecular weight excluding hydrogens is 285 g/mol. The molecule has 116 valence electrons. The first-order valence-corrected chi connectivity index (χ1v) is 7.71. The van der Waals surface area contributed by atoms with Crippen molar-refractivity contribution >= 4 is 29.0 Å². The fourth-order valence-electron chi connectivity index (χ4n) is 2.95. The molecule has 0 aliphatic heterocycles. The molecule has 3 nitrogen and oxygen atoms in total. The van der Waals surface area contributed by atoms with Crippen LogP contribution < -0.4 is 10.4 Å². The molecule has 3 rings (SSSR count). The van der Waals surface area contributed by atoms with Crippen molar-refractivity contribution in [3.05, 3.63) is 71.8 Å². The molecular formula is C19H20BNO2. The summed E-state index contributed by atoms with van der Waals surface area (Å²) in [6.45, 7) is 2.73. The van der Waals surface area contributed by atoms with Crippen LogP contribution in [0.25, 0.3) is 10.8 Å². The highest BCUT2D eigenvalue weighted by Gasteiger charge is 2.16. The largest absolute Gasteiger partial charge is 0.488 e. The summed E-state index contributed by atoms with van der Waals surface area (Å²) in [5.41, 5.74) is 3.83. The third-order valence-electron chi connectivity index (χ3n) is 4.26. The number of aryl methyl sites for hydroxylation is 1. The maximum absolute atomic E-state index is 9.50. The molecule has 0 bridgehead atoms. The van der Waals surface area contributed by atoms with Gasteiger partial charge in [-0.05, 0) is 46.4 Å². The van der Waals surface area contributed by atoms with Crippen LogP contribution in [-0.2, 0) is 6.54 Å². The fraction of sp³-hybridized carbons (Fsp3) is 0.158. The minimum atomic E-state index is -1.45. The van der Waals surface area contributed by atoms with E-state index in [4.69, 9.17) is 0 Å². The van der Waals surface area contributed by atoms with Crippen molar-refractivity contribution < 1.29 is 10.0 Å². The highest BCUT2D eigenvalue weighted by molar-refractivity contribution is 6.59. The molecule has 0 aliphatic rings. The minimum Gasteiger partial charge on any atom is -0.423 e. The molecule has 0 unspecified atom stereocenters. The van der Waals surface area contributed by atoms with Crippen LogP contribution in [0.1, 0.15) is 11.1 Å². The lowest BCUT2D eigenvalue weighted by molar-refractivity contribution is 0.425. The lowest BCUT2D eigenvalue weighted by Crippen LogP contribution is -2.35. The maximum Gasteiger partial charge on any atom is 0.488 e. The van der Waals surface area contributed by atoms with Crippen molar-refractivity contribution in [3.8, 4) is 0 Å². The van der Waals surface area contributed by atoms with Gasteiger partial charge in [0.05, 0.1) is 0 Å². The van der Waals surface area contributed by atoms with Gasteiger partial charge in [0.1, 0.15) is 0 Å². The van der Waals surface area contributed by atoms with E-state index < -0.39 is 7.12 Å². The Morgan fingerprint density at radius 2 is 1.74 bits per heavy atom. The quantitative estimate of drug-likeness (QED) is 0.728. The first kappa shape index (κ1) is 15.6. The number of rotatable bonds is 4. The van der Waals surface area contributed by atoms with E-state index in [1.165, 1.54) is 16.3 Å². The molecule has 0 radical (unpaired) electrons. The molecule has 0 amide bonds. The van der Waals surface area contributed by atoms with Crippen LogP contribution in [0.2, 0.25) is 0 Å². The van der Waals surface area contributed by atoms with E-state index in [0.29, 0.717) is 12.0 Å². The van der Waals surface area contributed by atoms with E-state index in [9.17, 15) is 10.0 Å². The Balaban J connectivity index is 1.91. The van der Waals surface area contributed by atoms with Gasteiger partial charge >= 0.3 is 7.12 Å². The molecule has 0 aliphatic carbocycles. The van der Waals surface area contributed by atoms with Crippen LogP contribution in [0.4, 0.5) is 5.69 Å². The highest BCUT2D eigenvalue weighted by Crippen LogP contribution is 2.24. The van der Waals surface area contributed by atoms with Crippen molar-refractivity contribution in [1.29, 1.82) is 0 Å². The summed E-state index contributed by atoms with van der Waals surface area (Å²) in [7, 11) is 0.566. The number of anilines is 1. The van der Waals surface area contributed by atoms with Gasteiger partial charge in [-0.2, -0.15) is 0 Å². The Morgan fingerprint density at radius 1 is 0.957 bits per heavy atom. The normalized spacial score (nSPS) is 10.8. The van der Waals surface area contributed by atoms with Crippen LogP contribution in [-0.4, -0.2) is 24.2 Å². The van der Waals surface area contributed by atoms with E-state index in [2.05, 4.69) is 48.2 Å². The zero-order chi connectivity index (χ0) is 16.4. The average molecular weight is 305 g/mol. The molecule has 0 spiro atoms. The van der Waals surface area contributed by atoms with Crippen molar-refractivity contribution in [2.75, 3.05) is 11.9 Å². The van der Waals surface area contributed by atoms with Crippen molar-refractivity contribution in [3.63, 3.8) is 0 Å². The molecule has 0 atom stereocenters. The van der Waals surface area contributed by atoms with Crippen LogP contribution in [0.5, 0.6) is 0 Å². The summed E-state index contributed by atoms with van der Waals surface area (Å²) < 4.78 is 0. The van der Waals surface area contributed by atoms with Crippen LogP contribution in [0.15, 0.2) is 60.7 Å². The second-order valence-corrected chi connectivity index (χ2v) is 5.91. The van der Waals surface area contributed by atoms with Gasteiger partial charge in [0.2, 0.25) is 0 Å². The number of hydrogen-bond acceptors (Lipinski definition) is 3. The molecule has 3 aromatic rings. The Labute approximate surface area is 137 Å². The van der Waals surface area contributed by atoms with E-state index in [0.717, 1.165) is 11.3 Å². The lowest BCUT2D eigenvalue weighted by Gasteiger charge is -2.22. The SMILES string of the molecule is Cc1cccc2cc(N(C)Cc3ccccc3B(O)O)ccc12. The summed E-state index contributed by atoms with van der Waals surface area (Å²) in [6, 6.07) is 20.1. The van der Waals surface area contributed by atoms with Crippen molar-refractivity contribution in [2.45, 2.75) is 13.5 Å². The van der Waals surface area contributed by atoms with Gasteiger partial charge in [-0.3, -0.25) is 0 Å². The van der Waals surface area contributed by atoms with Gasteiger partial charge in [-0.25, -0.2) is 0 Å². The fourth-order valence-corrected chi connectivity index (χ4v) is 2.95. The second kappa shape index (κ2) is 6.45. The van der Waals surface area contributed by atoms with E-state index in [1.807, 2.05) is 25.2 Å². The number of fused-ring (bicyclic) bond motifs is 1. The van der Waals surface area contributed by atoms with Crippen LogP contribution in [0, 0.1) is 6.92 Å². The highest BCUT2D eigenvalue weighted by atomic mass is 16.4. The zero-order valence-corrected chi connectivity index (χ0v) is 13.4.